The highest BCUT2D eigenvalue weighted by molar-refractivity contribution is 5.92. The lowest BCUT2D eigenvalue weighted by molar-refractivity contribution is 0.0595. The van der Waals surface area contributed by atoms with E-state index in [0.29, 0.717) is 5.69 Å². The van der Waals surface area contributed by atoms with Crippen molar-refractivity contribution in [3.05, 3.63) is 59.4 Å². The monoisotopic (exact) mass is 242 g/mol. The van der Waals surface area contributed by atoms with Gasteiger partial charge in [-0.25, -0.2) is 9.78 Å². The number of carbonyl (C=O) groups excluding carboxylic acids is 1. The molecule has 1 heterocycles. The second kappa shape index (κ2) is 5.31. The van der Waals surface area contributed by atoms with E-state index in [1.165, 1.54) is 12.7 Å². The van der Waals surface area contributed by atoms with Gasteiger partial charge in [0, 0.05) is 6.20 Å². The molecule has 0 spiro atoms. The van der Waals surface area contributed by atoms with Crippen molar-refractivity contribution in [3.63, 3.8) is 0 Å². The number of anilines is 1. The largest absolute Gasteiger partial charge is 0.464 e. The first-order valence-electron chi connectivity index (χ1n) is 5.57. The van der Waals surface area contributed by atoms with Gasteiger partial charge in [0.1, 0.15) is 0 Å². The highest BCUT2D eigenvalue weighted by atomic mass is 16.5. The number of rotatable bonds is 3. The van der Waals surface area contributed by atoms with Crippen LogP contribution in [0.2, 0.25) is 0 Å². The number of pyridine rings is 1. The number of aromatic nitrogens is 1. The molecule has 2 aromatic rings. The van der Waals surface area contributed by atoms with Gasteiger partial charge in [-0.1, -0.05) is 30.3 Å². The van der Waals surface area contributed by atoms with Gasteiger partial charge < -0.3 is 10.5 Å². The summed E-state index contributed by atoms with van der Waals surface area (Å²) in [5, 5.41) is 0. The Labute approximate surface area is 105 Å². The fourth-order valence-corrected chi connectivity index (χ4v) is 1.72. The summed E-state index contributed by atoms with van der Waals surface area (Å²) in [6.45, 7) is 0. The molecule has 0 bridgehead atoms. The molecule has 0 aliphatic heterocycles. The highest BCUT2D eigenvalue weighted by Gasteiger charge is 2.12. The van der Waals surface area contributed by atoms with Crippen molar-refractivity contribution in [2.75, 3.05) is 12.8 Å². The van der Waals surface area contributed by atoms with E-state index in [-0.39, 0.29) is 5.69 Å². The van der Waals surface area contributed by atoms with Crippen LogP contribution in [0.1, 0.15) is 21.6 Å². The summed E-state index contributed by atoms with van der Waals surface area (Å²) in [5.74, 6) is -0.515. The van der Waals surface area contributed by atoms with Crippen molar-refractivity contribution in [3.8, 4) is 0 Å². The number of nitrogens with two attached hydrogens (primary N) is 1. The average Bonchev–Trinajstić information content (AvgIpc) is 2.39. The lowest BCUT2D eigenvalue weighted by atomic mass is 10.1. The van der Waals surface area contributed by atoms with E-state index >= 15 is 0 Å². The number of nitrogens with zero attached hydrogens (tertiary/aromatic N) is 1. The Morgan fingerprint density at radius 3 is 2.61 bits per heavy atom. The van der Waals surface area contributed by atoms with E-state index in [1.807, 2.05) is 30.3 Å². The van der Waals surface area contributed by atoms with Crippen molar-refractivity contribution < 1.29 is 9.53 Å². The summed E-state index contributed by atoms with van der Waals surface area (Å²) in [6, 6.07) is 11.8. The first-order valence-corrected chi connectivity index (χ1v) is 5.57. The molecule has 0 radical (unpaired) electrons. The van der Waals surface area contributed by atoms with Crippen LogP contribution in [0, 0.1) is 0 Å². The number of carbonyl (C=O) groups is 1. The number of hydrogen-bond donors (Lipinski definition) is 1. The van der Waals surface area contributed by atoms with Crippen LogP contribution in [-0.2, 0) is 11.2 Å². The van der Waals surface area contributed by atoms with Gasteiger partial charge in [-0.2, -0.15) is 0 Å². The summed E-state index contributed by atoms with van der Waals surface area (Å²) in [7, 11) is 1.31. The van der Waals surface area contributed by atoms with Gasteiger partial charge in [0.2, 0.25) is 0 Å². The summed E-state index contributed by atoms with van der Waals surface area (Å²) < 4.78 is 4.59. The number of esters is 1. The Balaban J connectivity index is 2.22. The molecule has 1 aromatic carbocycles. The van der Waals surface area contributed by atoms with Crippen molar-refractivity contribution in [2.45, 2.75) is 6.42 Å². The SMILES string of the molecule is COC(=O)c1ncc(Cc2ccccc2)cc1N. The Morgan fingerprint density at radius 1 is 1.28 bits per heavy atom. The first-order chi connectivity index (χ1) is 8.70. The molecular weight excluding hydrogens is 228 g/mol. The van der Waals surface area contributed by atoms with Gasteiger partial charge in [-0.15, -0.1) is 0 Å². The van der Waals surface area contributed by atoms with E-state index < -0.39 is 5.97 Å². The maximum atomic E-state index is 11.3. The molecule has 0 saturated carbocycles. The van der Waals surface area contributed by atoms with Crippen molar-refractivity contribution >= 4 is 11.7 Å². The van der Waals surface area contributed by atoms with Crippen molar-refractivity contribution in [2.24, 2.45) is 0 Å². The quantitative estimate of drug-likeness (QED) is 0.836. The fraction of sp³-hybridized carbons (Fsp3) is 0.143. The van der Waals surface area contributed by atoms with Gasteiger partial charge in [0.15, 0.2) is 5.69 Å². The minimum Gasteiger partial charge on any atom is -0.464 e. The minimum absolute atomic E-state index is 0.161. The van der Waals surface area contributed by atoms with Crippen LogP contribution in [0.3, 0.4) is 0 Å². The van der Waals surface area contributed by atoms with Gasteiger partial charge in [-0.3, -0.25) is 0 Å². The molecule has 0 aliphatic carbocycles. The third-order valence-electron chi connectivity index (χ3n) is 2.60. The highest BCUT2D eigenvalue weighted by Crippen LogP contribution is 2.15. The summed E-state index contributed by atoms with van der Waals surface area (Å²) in [6.07, 6.45) is 2.38. The predicted octanol–water partition coefficient (Wildman–Crippen LogP) is 2.04. The lowest BCUT2D eigenvalue weighted by Gasteiger charge is -2.06. The number of methoxy groups -OCH3 is 1. The molecule has 2 N–H and O–H groups in total. The summed E-state index contributed by atoms with van der Waals surface area (Å²) >= 11 is 0. The van der Waals surface area contributed by atoms with Crippen LogP contribution >= 0.6 is 0 Å². The molecule has 0 atom stereocenters. The normalized spacial score (nSPS) is 10.1. The molecular formula is C14H14N2O2. The smallest absolute Gasteiger partial charge is 0.358 e. The number of hydrogen-bond acceptors (Lipinski definition) is 4. The van der Waals surface area contributed by atoms with Crippen LogP contribution < -0.4 is 5.73 Å². The maximum Gasteiger partial charge on any atom is 0.358 e. The van der Waals surface area contributed by atoms with Gasteiger partial charge in [-0.05, 0) is 23.6 Å². The molecule has 2 rings (SSSR count). The third-order valence-corrected chi connectivity index (χ3v) is 2.60. The van der Waals surface area contributed by atoms with E-state index in [4.69, 9.17) is 5.73 Å². The van der Waals surface area contributed by atoms with E-state index in [2.05, 4.69) is 9.72 Å². The standard InChI is InChI=1S/C14H14N2O2/c1-18-14(17)13-12(15)8-11(9-16-13)7-10-5-3-2-4-6-10/h2-6,8-9H,7,15H2,1H3. The Morgan fingerprint density at radius 2 is 2.00 bits per heavy atom. The van der Waals surface area contributed by atoms with Crippen molar-refractivity contribution in [1.29, 1.82) is 0 Å². The molecule has 1 aromatic heterocycles. The molecule has 4 nitrogen and oxygen atoms in total. The van der Waals surface area contributed by atoms with Crippen LogP contribution in [0.15, 0.2) is 42.6 Å². The molecule has 4 heteroatoms. The zero-order chi connectivity index (χ0) is 13.0. The predicted molar refractivity (Wildman–Crippen MR) is 69.2 cm³/mol. The molecule has 0 amide bonds. The van der Waals surface area contributed by atoms with Crippen LogP contribution in [0.4, 0.5) is 5.69 Å². The Kier molecular flexibility index (Phi) is 3.57. The van der Waals surface area contributed by atoms with Gasteiger partial charge in [0.25, 0.3) is 0 Å². The third kappa shape index (κ3) is 2.66. The summed E-state index contributed by atoms with van der Waals surface area (Å²) in [5.41, 5.74) is 8.43. The average molecular weight is 242 g/mol. The lowest BCUT2D eigenvalue weighted by Crippen LogP contribution is -2.09. The zero-order valence-corrected chi connectivity index (χ0v) is 10.1. The molecule has 0 saturated heterocycles. The molecule has 0 aliphatic rings. The van der Waals surface area contributed by atoms with Crippen molar-refractivity contribution in [1.82, 2.24) is 4.98 Å². The first kappa shape index (κ1) is 12.1. The summed E-state index contributed by atoms with van der Waals surface area (Å²) in [4.78, 5) is 15.4. The maximum absolute atomic E-state index is 11.3. The number of benzene rings is 1. The minimum atomic E-state index is -0.515. The Hall–Kier alpha value is -2.36. The van der Waals surface area contributed by atoms with Crippen LogP contribution in [-0.4, -0.2) is 18.1 Å². The fourth-order valence-electron chi connectivity index (χ4n) is 1.72. The van der Waals surface area contributed by atoms with E-state index in [1.54, 1.807) is 12.3 Å². The second-order valence-corrected chi connectivity index (χ2v) is 3.94. The van der Waals surface area contributed by atoms with E-state index in [9.17, 15) is 4.79 Å². The molecule has 92 valence electrons. The second-order valence-electron chi connectivity index (χ2n) is 3.94. The number of ether oxygens (including phenoxy) is 1. The molecule has 0 unspecified atom stereocenters. The zero-order valence-electron chi connectivity index (χ0n) is 10.1. The van der Waals surface area contributed by atoms with E-state index in [0.717, 1.165) is 12.0 Å². The molecule has 0 fully saturated rings. The topological polar surface area (TPSA) is 65.2 Å². The Bertz CT molecular complexity index is 553. The van der Waals surface area contributed by atoms with Crippen LogP contribution in [0.25, 0.3) is 0 Å². The van der Waals surface area contributed by atoms with Crippen LogP contribution in [0.5, 0.6) is 0 Å². The van der Waals surface area contributed by atoms with Gasteiger partial charge in [0.05, 0.1) is 12.8 Å². The molecule has 18 heavy (non-hydrogen) atoms. The number of nitrogen functional groups attached to an aromatic ring is 1. The van der Waals surface area contributed by atoms with Gasteiger partial charge >= 0.3 is 5.97 Å².